The molecule has 3 rings (SSSR count). The molecule has 1 aromatic carbocycles. The van der Waals surface area contributed by atoms with Gasteiger partial charge < -0.3 is 9.15 Å². The molecule has 0 radical (unpaired) electrons. The van der Waals surface area contributed by atoms with Crippen molar-refractivity contribution in [3.63, 3.8) is 0 Å². The molecule has 160 valence electrons. The van der Waals surface area contributed by atoms with Crippen molar-refractivity contribution in [1.82, 2.24) is 9.21 Å². The zero-order chi connectivity index (χ0) is 22.2. The Kier molecular flexibility index (Phi) is 5.82. The Hall–Kier alpha value is -2.98. The zero-order valence-corrected chi connectivity index (χ0v) is 17.8. The molecule has 10 heteroatoms. The van der Waals surface area contributed by atoms with Crippen LogP contribution in [0.15, 0.2) is 45.9 Å². The van der Waals surface area contributed by atoms with Gasteiger partial charge in [-0.25, -0.2) is 17.5 Å². The standard InChI is InChI=1S/C20H22N2O7S/c1-12(2)17(22-18(23)14-7-5-6-8-15(14)19(22)24)20(25)28-11-13-9-10-16(29-13)30(26,27)21(3)4/h5-10,12,17H,11H2,1-4H3/t17-/m0/s1. The number of carbonyl (C=O) groups is 3. The molecule has 2 heterocycles. The molecule has 0 spiro atoms. The average molecular weight is 434 g/mol. The molecule has 0 bridgehead atoms. The number of esters is 1. The number of hydrogen-bond acceptors (Lipinski definition) is 7. The lowest BCUT2D eigenvalue weighted by Gasteiger charge is -2.27. The van der Waals surface area contributed by atoms with Gasteiger partial charge in [0, 0.05) is 14.1 Å². The molecule has 1 aliphatic rings. The van der Waals surface area contributed by atoms with E-state index in [4.69, 9.17) is 9.15 Å². The van der Waals surface area contributed by atoms with E-state index in [1.54, 1.807) is 26.0 Å². The van der Waals surface area contributed by atoms with Crippen LogP contribution in [0.2, 0.25) is 0 Å². The van der Waals surface area contributed by atoms with Gasteiger partial charge in [-0.1, -0.05) is 26.0 Å². The monoisotopic (exact) mass is 434 g/mol. The van der Waals surface area contributed by atoms with Crippen LogP contribution in [0.4, 0.5) is 0 Å². The second-order valence-electron chi connectivity index (χ2n) is 7.33. The number of furan rings is 1. The molecule has 0 unspecified atom stereocenters. The Balaban J connectivity index is 1.76. The van der Waals surface area contributed by atoms with Gasteiger partial charge in [0.15, 0.2) is 0 Å². The summed E-state index contributed by atoms with van der Waals surface area (Å²) in [6.07, 6.45) is 0. The van der Waals surface area contributed by atoms with E-state index in [-0.39, 0.29) is 28.6 Å². The summed E-state index contributed by atoms with van der Waals surface area (Å²) in [5, 5.41) is -0.278. The smallest absolute Gasteiger partial charge is 0.330 e. The van der Waals surface area contributed by atoms with Gasteiger partial charge >= 0.3 is 5.97 Å². The number of imide groups is 1. The van der Waals surface area contributed by atoms with Crippen LogP contribution in [0.5, 0.6) is 0 Å². The predicted molar refractivity (Wildman–Crippen MR) is 105 cm³/mol. The van der Waals surface area contributed by atoms with Crippen LogP contribution in [0.1, 0.15) is 40.3 Å². The van der Waals surface area contributed by atoms with Gasteiger partial charge in [0.2, 0.25) is 5.09 Å². The lowest BCUT2D eigenvalue weighted by Crippen LogP contribution is -2.48. The first kappa shape index (κ1) is 21.7. The zero-order valence-electron chi connectivity index (χ0n) is 17.0. The van der Waals surface area contributed by atoms with E-state index >= 15 is 0 Å². The van der Waals surface area contributed by atoms with Crippen LogP contribution >= 0.6 is 0 Å². The highest BCUT2D eigenvalue weighted by molar-refractivity contribution is 7.88. The van der Waals surface area contributed by atoms with E-state index < -0.39 is 39.8 Å². The molecule has 0 saturated carbocycles. The van der Waals surface area contributed by atoms with E-state index in [1.165, 1.54) is 38.4 Å². The highest BCUT2D eigenvalue weighted by Gasteiger charge is 2.44. The van der Waals surface area contributed by atoms with E-state index in [1.807, 2.05) is 0 Å². The maximum absolute atomic E-state index is 12.8. The van der Waals surface area contributed by atoms with Crippen LogP contribution < -0.4 is 0 Å². The number of sulfonamides is 1. The van der Waals surface area contributed by atoms with Crippen molar-refractivity contribution in [2.24, 2.45) is 5.92 Å². The van der Waals surface area contributed by atoms with Gasteiger partial charge in [-0.3, -0.25) is 14.5 Å². The van der Waals surface area contributed by atoms with Gasteiger partial charge in [0.25, 0.3) is 21.8 Å². The molecule has 0 N–H and O–H groups in total. The lowest BCUT2D eigenvalue weighted by atomic mass is 10.0. The molecule has 30 heavy (non-hydrogen) atoms. The maximum atomic E-state index is 12.8. The van der Waals surface area contributed by atoms with Crippen molar-refractivity contribution in [3.05, 3.63) is 53.3 Å². The van der Waals surface area contributed by atoms with Crippen LogP contribution in [0.3, 0.4) is 0 Å². The normalized spacial score (nSPS) is 15.1. The SMILES string of the molecule is CC(C)[C@@H](C(=O)OCc1ccc(S(=O)(=O)N(C)C)o1)N1C(=O)c2ccccc2C1=O. The summed E-state index contributed by atoms with van der Waals surface area (Å²) in [4.78, 5) is 39.1. The van der Waals surface area contributed by atoms with Crippen molar-refractivity contribution in [2.75, 3.05) is 14.1 Å². The van der Waals surface area contributed by atoms with Gasteiger partial charge in [0.05, 0.1) is 11.1 Å². The van der Waals surface area contributed by atoms with Gasteiger partial charge in [0.1, 0.15) is 18.4 Å². The highest BCUT2D eigenvalue weighted by atomic mass is 32.2. The molecule has 0 aliphatic carbocycles. The lowest BCUT2D eigenvalue weighted by molar-refractivity contribution is -0.151. The Labute approximate surface area is 174 Å². The molecule has 2 aromatic rings. The molecule has 1 aliphatic heterocycles. The second-order valence-corrected chi connectivity index (χ2v) is 9.41. The fourth-order valence-corrected chi connectivity index (χ4v) is 3.93. The minimum absolute atomic E-state index is 0.119. The average Bonchev–Trinajstić information content (AvgIpc) is 3.26. The number of carbonyl (C=O) groups excluding carboxylic acids is 3. The topological polar surface area (TPSA) is 114 Å². The minimum Gasteiger partial charge on any atom is -0.456 e. The molecule has 9 nitrogen and oxygen atoms in total. The van der Waals surface area contributed by atoms with Crippen molar-refractivity contribution in [2.45, 2.75) is 31.6 Å². The molecule has 2 amide bonds. The van der Waals surface area contributed by atoms with Crippen molar-refractivity contribution >= 4 is 27.8 Å². The maximum Gasteiger partial charge on any atom is 0.330 e. The highest BCUT2D eigenvalue weighted by Crippen LogP contribution is 2.28. The fourth-order valence-electron chi connectivity index (χ4n) is 3.12. The summed E-state index contributed by atoms with van der Waals surface area (Å²) >= 11 is 0. The van der Waals surface area contributed by atoms with Crippen LogP contribution in [-0.2, 0) is 26.2 Å². The molecular formula is C20H22N2O7S. The summed E-state index contributed by atoms with van der Waals surface area (Å²) < 4.78 is 35.7. The van der Waals surface area contributed by atoms with Crippen LogP contribution in [0, 0.1) is 5.92 Å². The van der Waals surface area contributed by atoms with E-state index in [0.717, 1.165) is 9.21 Å². The Bertz CT molecular complexity index is 1070. The summed E-state index contributed by atoms with van der Waals surface area (Å²) in [5.41, 5.74) is 0.482. The molecule has 0 saturated heterocycles. The summed E-state index contributed by atoms with van der Waals surface area (Å²) in [6, 6.07) is 7.89. The summed E-state index contributed by atoms with van der Waals surface area (Å²) in [5.74, 6) is -2.17. The molecule has 1 atom stereocenters. The number of benzene rings is 1. The Morgan fingerprint density at radius 2 is 1.63 bits per heavy atom. The Morgan fingerprint density at radius 1 is 1.07 bits per heavy atom. The number of rotatable bonds is 7. The quantitative estimate of drug-likeness (QED) is 0.483. The number of fused-ring (bicyclic) bond motifs is 1. The van der Waals surface area contributed by atoms with Gasteiger partial charge in [-0.05, 0) is 30.2 Å². The molecular weight excluding hydrogens is 412 g/mol. The largest absolute Gasteiger partial charge is 0.456 e. The number of nitrogens with zero attached hydrogens (tertiary/aromatic N) is 2. The first-order valence-electron chi connectivity index (χ1n) is 9.20. The number of amides is 2. The Morgan fingerprint density at radius 3 is 2.13 bits per heavy atom. The van der Waals surface area contributed by atoms with Crippen LogP contribution in [-0.4, -0.2) is 55.5 Å². The minimum atomic E-state index is -3.75. The summed E-state index contributed by atoms with van der Waals surface area (Å²) in [6.45, 7) is 3.06. The second kappa shape index (κ2) is 8.04. The third-order valence-electron chi connectivity index (χ3n) is 4.71. The van der Waals surface area contributed by atoms with Crippen molar-refractivity contribution in [3.8, 4) is 0 Å². The van der Waals surface area contributed by atoms with Gasteiger partial charge in [-0.15, -0.1) is 0 Å². The third-order valence-corrected chi connectivity index (χ3v) is 6.39. The van der Waals surface area contributed by atoms with Crippen molar-refractivity contribution in [1.29, 1.82) is 0 Å². The van der Waals surface area contributed by atoms with E-state index in [0.29, 0.717) is 0 Å². The van der Waals surface area contributed by atoms with E-state index in [2.05, 4.69) is 0 Å². The van der Waals surface area contributed by atoms with Crippen LogP contribution in [0.25, 0.3) is 0 Å². The molecule has 1 aromatic heterocycles. The fraction of sp³-hybridized carbons (Fsp3) is 0.350. The number of hydrogen-bond donors (Lipinski definition) is 0. The third kappa shape index (κ3) is 3.75. The van der Waals surface area contributed by atoms with Gasteiger partial charge in [-0.2, -0.15) is 0 Å². The predicted octanol–water partition coefficient (Wildman–Crippen LogP) is 1.89. The van der Waals surface area contributed by atoms with E-state index in [9.17, 15) is 22.8 Å². The first-order valence-corrected chi connectivity index (χ1v) is 10.6. The summed E-state index contributed by atoms with van der Waals surface area (Å²) in [7, 11) is -1.02. The number of ether oxygens (including phenoxy) is 1. The van der Waals surface area contributed by atoms with Crippen molar-refractivity contribution < 1.29 is 32.0 Å². The first-order chi connectivity index (χ1) is 14.1. The molecule has 0 fully saturated rings.